The summed E-state index contributed by atoms with van der Waals surface area (Å²) in [6.07, 6.45) is 1.09. The van der Waals surface area contributed by atoms with E-state index in [1.165, 1.54) is 48.5 Å². The Hall–Kier alpha value is -5.76. The SMILES string of the molecule is C=CC(=O)Oc1ccc(-c2ccc(C(=O)Oc3ccc(C(=O)Oc4ccc(OC(=O)C(=C)C)cc4)cc3)cc2)cc1. The van der Waals surface area contributed by atoms with Gasteiger partial charge in [0.1, 0.15) is 23.0 Å². The highest BCUT2D eigenvalue weighted by Crippen LogP contribution is 2.24. The quantitative estimate of drug-likeness (QED) is 0.135. The van der Waals surface area contributed by atoms with Crippen LogP contribution in [0.2, 0.25) is 0 Å². The molecule has 0 saturated carbocycles. The lowest BCUT2D eigenvalue weighted by atomic mass is 10.0. The first-order valence-electron chi connectivity index (χ1n) is 12.3. The average molecular weight is 549 g/mol. The molecule has 0 saturated heterocycles. The molecular weight excluding hydrogens is 524 g/mol. The van der Waals surface area contributed by atoms with Gasteiger partial charge in [0, 0.05) is 11.6 Å². The van der Waals surface area contributed by atoms with E-state index in [1.54, 1.807) is 55.5 Å². The molecule has 4 aromatic rings. The molecule has 8 nitrogen and oxygen atoms in total. The van der Waals surface area contributed by atoms with Gasteiger partial charge >= 0.3 is 23.9 Å². The summed E-state index contributed by atoms with van der Waals surface area (Å²) in [7, 11) is 0. The van der Waals surface area contributed by atoms with Gasteiger partial charge in [-0.05, 0) is 90.8 Å². The molecule has 8 heteroatoms. The number of carbonyl (C=O) groups excluding carboxylic acids is 4. The van der Waals surface area contributed by atoms with Crippen LogP contribution in [0.3, 0.4) is 0 Å². The molecule has 0 radical (unpaired) electrons. The Labute approximate surface area is 236 Å². The maximum absolute atomic E-state index is 12.6. The topological polar surface area (TPSA) is 105 Å². The summed E-state index contributed by atoms with van der Waals surface area (Å²) < 4.78 is 20.9. The minimum Gasteiger partial charge on any atom is -0.423 e. The lowest BCUT2D eigenvalue weighted by Gasteiger charge is -2.08. The number of esters is 4. The van der Waals surface area contributed by atoms with Crippen molar-refractivity contribution in [2.75, 3.05) is 0 Å². The minimum atomic E-state index is -0.614. The number of benzene rings is 4. The highest BCUT2D eigenvalue weighted by atomic mass is 16.5. The molecule has 0 bridgehead atoms. The minimum absolute atomic E-state index is 0.247. The lowest BCUT2D eigenvalue weighted by Crippen LogP contribution is -2.10. The summed E-state index contributed by atoms with van der Waals surface area (Å²) in [6.45, 7) is 8.42. The van der Waals surface area contributed by atoms with Crippen LogP contribution in [0, 0.1) is 0 Å². The summed E-state index contributed by atoms with van der Waals surface area (Å²) in [4.78, 5) is 48.0. The summed E-state index contributed by atoms with van der Waals surface area (Å²) in [5, 5.41) is 0. The van der Waals surface area contributed by atoms with Crippen molar-refractivity contribution in [3.8, 4) is 34.1 Å². The Morgan fingerprint density at radius 1 is 0.537 bits per heavy atom. The van der Waals surface area contributed by atoms with Crippen molar-refractivity contribution in [2.45, 2.75) is 6.92 Å². The van der Waals surface area contributed by atoms with E-state index in [-0.39, 0.29) is 22.6 Å². The van der Waals surface area contributed by atoms with E-state index in [0.29, 0.717) is 17.1 Å². The molecule has 0 heterocycles. The van der Waals surface area contributed by atoms with Crippen molar-refractivity contribution in [2.24, 2.45) is 0 Å². The van der Waals surface area contributed by atoms with E-state index in [4.69, 9.17) is 18.9 Å². The Bertz CT molecular complexity index is 1600. The third-order valence-corrected chi connectivity index (χ3v) is 5.59. The first-order chi connectivity index (χ1) is 19.7. The zero-order valence-corrected chi connectivity index (χ0v) is 22.0. The fourth-order valence-corrected chi connectivity index (χ4v) is 3.43. The van der Waals surface area contributed by atoms with Crippen LogP contribution in [0.1, 0.15) is 27.6 Å². The molecule has 0 spiro atoms. The smallest absolute Gasteiger partial charge is 0.343 e. The second-order valence-electron chi connectivity index (χ2n) is 8.67. The van der Waals surface area contributed by atoms with E-state index in [2.05, 4.69) is 13.2 Å². The second-order valence-corrected chi connectivity index (χ2v) is 8.67. The molecule has 0 aromatic heterocycles. The van der Waals surface area contributed by atoms with Gasteiger partial charge in [-0.3, -0.25) is 0 Å². The Kier molecular flexibility index (Phi) is 8.86. The average Bonchev–Trinajstić information content (AvgIpc) is 2.98. The molecule has 204 valence electrons. The van der Waals surface area contributed by atoms with Gasteiger partial charge in [0.2, 0.25) is 0 Å². The van der Waals surface area contributed by atoms with Crippen molar-refractivity contribution in [1.29, 1.82) is 0 Å². The summed E-state index contributed by atoms with van der Waals surface area (Å²) in [6, 6.07) is 25.7. The van der Waals surface area contributed by atoms with E-state index >= 15 is 0 Å². The lowest BCUT2D eigenvalue weighted by molar-refractivity contribution is -0.130. The molecule has 0 amide bonds. The highest BCUT2D eigenvalue weighted by molar-refractivity contribution is 5.93. The van der Waals surface area contributed by atoms with Gasteiger partial charge in [-0.15, -0.1) is 0 Å². The maximum atomic E-state index is 12.6. The Morgan fingerprint density at radius 2 is 0.878 bits per heavy atom. The number of ether oxygens (including phenoxy) is 4. The van der Waals surface area contributed by atoms with Crippen molar-refractivity contribution in [1.82, 2.24) is 0 Å². The van der Waals surface area contributed by atoms with Gasteiger partial charge in [-0.25, -0.2) is 19.2 Å². The van der Waals surface area contributed by atoms with E-state index in [1.807, 2.05) is 0 Å². The number of rotatable bonds is 9. The third kappa shape index (κ3) is 7.64. The molecular formula is C33H24O8. The van der Waals surface area contributed by atoms with Crippen LogP contribution in [0.25, 0.3) is 11.1 Å². The number of hydrogen-bond acceptors (Lipinski definition) is 8. The molecule has 0 aliphatic carbocycles. The van der Waals surface area contributed by atoms with Crippen LogP contribution >= 0.6 is 0 Å². The fourth-order valence-electron chi connectivity index (χ4n) is 3.43. The predicted octanol–water partition coefficient (Wildman–Crippen LogP) is 6.36. The number of hydrogen-bond donors (Lipinski definition) is 0. The summed E-state index contributed by atoms with van der Waals surface area (Å²) >= 11 is 0. The maximum Gasteiger partial charge on any atom is 0.343 e. The Balaban J connectivity index is 1.32. The summed E-state index contributed by atoms with van der Waals surface area (Å²) in [5.74, 6) is -1.06. The number of carbonyl (C=O) groups is 4. The Morgan fingerprint density at radius 3 is 1.32 bits per heavy atom. The van der Waals surface area contributed by atoms with Crippen molar-refractivity contribution in [3.05, 3.63) is 133 Å². The normalized spacial score (nSPS) is 10.2. The van der Waals surface area contributed by atoms with Crippen molar-refractivity contribution >= 4 is 23.9 Å². The molecule has 4 rings (SSSR count). The van der Waals surface area contributed by atoms with Gasteiger partial charge in [0.25, 0.3) is 0 Å². The highest BCUT2D eigenvalue weighted by Gasteiger charge is 2.13. The fraction of sp³-hybridized carbons (Fsp3) is 0.0303. The van der Waals surface area contributed by atoms with E-state index < -0.39 is 23.9 Å². The second kappa shape index (κ2) is 12.9. The van der Waals surface area contributed by atoms with Crippen LogP contribution in [-0.4, -0.2) is 23.9 Å². The zero-order chi connectivity index (χ0) is 29.4. The van der Waals surface area contributed by atoms with Crippen LogP contribution in [0.4, 0.5) is 0 Å². The van der Waals surface area contributed by atoms with Gasteiger partial charge < -0.3 is 18.9 Å². The molecule has 0 aliphatic rings. The monoisotopic (exact) mass is 548 g/mol. The molecule has 0 fully saturated rings. The summed E-state index contributed by atoms with van der Waals surface area (Å²) in [5.41, 5.74) is 2.58. The van der Waals surface area contributed by atoms with Gasteiger partial charge in [0.05, 0.1) is 11.1 Å². The molecule has 0 aliphatic heterocycles. The first kappa shape index (κ1) is 28.3. The van der Waals surface area contributed by atoms with Crippen LogP contribution in [0.5, 0.6) is 23.0 Å². The van der Waals surface area contributed by atoms with Gasteiger partial charge in [-0.2, -0.15) is 0 Å². The molecule has 4 aromatic carbocycles. The molecule has 0 unspecified atom stereocenters. The third-order valence-electron chi connectivity index (χ3n) is 5.59. The predicted molar refractivity (Wildman–Crippen MR) is 151 cm³/mol. The van der Waals surface area contributed by atoms with E-state index in [9.17, 15) is 19.2 Å². The molecule has 0 atom stereocenters. The standard InChI is InChI=1S/C33H24O8/c1-4-30(34)38-26-13-9-23(10-14-26)22-5-7-24(8-6-22)32(36)40-27-15-11-25(12-16-27)33(37)41-29-19-17-28(18-20-29)39-31(35)21(2)3/h4-20H,1-2H2,3H3. The van der Waals surface area contributed by atoms with Crippen LogP contribution in [-0.2, 0) is 9.59 Å². The van der Waals surface area contributed by atoms with Crippen molar-refractivity contribution < 1.29 is 38.1 Å². The van der Waals surface area contributed by atoms with E-state index in [0.717, 1.165) is 17.2 Å². The molecule has 41 heavy (non-hydrogen) atoms. The zero-order valence-electron chi connectivity index (χ0n) is 22.0. The van der Waals surface area contributed by atoms with Crippen LogP contribution < -0.4 is 18.9 Å². The van der Waals surface area contributed by atoms with Crippen LogP contribution in [0.15, 0.2) is 122 Å². The van der Waals surface area contributed by atoms with Gasteiger partial charge in [-0.1, -0.05) is 37.4 Å². The first-order valence-corrected chi connectivity index (χ1v) is 12.3. The molecule has 0 N–H and O–H groups in total. The largest absolute Gasteiger partial charge is 0.423 e. The van der Waals surface area contributed by atoms with Crippen molar-refractivity contribution in [3.63, 3.8) is 0 Å². The van der Waals surface area contributed by atoms with Gasteiger partial charge in [0.15, 0.2) is 0 Å².